The van der Waals surface area contributed by atoms with Gasteiger partial charge >= 0.3 is 11.9 Å². The van der Waals surface area contributed by atoms with Crippen LogP contribution in [0.2, 0.25) is 0 Å². The van der Waals surface area contributed by atoms with Gasteiger partial charge in [-0.1, -0.05) is 24.3 Å². The van der Waals surface area contributed by atoms with Gasteiger partial charge in [-0.05, 0) is 24.1 Å². The van der Waals surface area contributed by atoms with Crippen molar-refractivity contribution in [2.45, 2.75) is 12.5 Å². The van der Waals surface area contributed by atoms with Crippen LogP contribution in [0.25, 0.3) is 0 Å². The molecular weight excluding hydrogens is 260 g/mol. The molecule has 0 radical (unpaired) electrons. The first-order valence-electron chi connectivity index (χ1n) is 6.19. The van der Waals surface area contributed by atoms with E-state index in [4.69, 9.17) is 15.9 Å². The van der Waals surface area contributed by atoms with Crippen molar-refractivity contribution >= 4 is 11.9 Å². The fraction of sp³-hybridized carbons (Fsp3) is 0.286. The van der Waals surface area contributed by atoms with E-state index in [2.05, 4.69) is 29.6 Å². The minimum atomic E-state index is -1.26. The van der Waals surface area contributed by atoms with Crippen molar-refractivity contribution in [3.63, 3.8) is 0 Å². The zero-order chi connectivity index (χ0) is 15.0. The Morgan fingerprint density at radius 1 is 1.25 bits per heavy atom. The number of carbonyl (C=O) groups is 2. The molecule has 0 aliphatic carbocycles. The van der Waals surface area contributed by atoms with Gasteiger partial charge in [0.05, 0.1) is 0 Å². The van der Waals surface area contributed by atoms with E-state index in [9.17, 15) is 9.59 Å². The fourth-order valence-electron chi connectivity index (χ4n) is 1.95. The number of carboxylic acids is 2. The first-order valence-corrected chi connectivity index (χ1v) is 6.19. The van der Waals surface area contributed by atoms with Crippen molar-refractivity contribution < 1.29 is 19.8 Å². The summed E-state index contributed by atoms with van der Waals surface area (Å²) in [7, 11) is 0. The molecular formula is C14H18N2O4. The fourth-order valence-corrected chi connectivity index (χ4v) is 1.95. The van der Waals surface area contributed by atoms with Crippen molar-refractivity contribution in [2.75, 3.05) is 13.1 Å². The van der Waals surface area contributed by atoms with Crippen molar-refractivity contribution in [3.8, 4) is 0 Å². The predicted molar refractivity (Wildman–Crippen MR) is 74.4 cm³/mol. The minimum Gasteiger partial charge on any atom is -0.478 e. The van der Waals surface area contributed by atoms with E-state index >= 15 is 0 Å². The largest absolute Gasteiger partial charge is 0.478 e. The van der Waals surface area contributed by atoms with Gasteiger partial charge in [0.15, 0.2) is 0 Å². The summed E-state index contributed by atoms with van der Waals surface area (Å²) < 4.78 is 0. The number of fused-ring (bicyclic) bond motifs is 1. The summed E-state index contributed by atoms with van der Waals surface area (Å²) in [6.07, 6.45) is 2.25. The third kappa shape index (κ3) is 5.21. The van der Waals surface area contributed by atoms with Gasteiger partial charge < -0.3 is 21.3 Å². The number of nitrogens with two attached hydrogens (primary N) is 1. The molecule has 1 aromatic rings. The first kappa shape index (κ1) is 15.9. The molecule has 1 aliphatic rings. The van der Waals surface area contributed by atoms with Gasteiger partial charge in [-0.25, -0.2) is 9.59 Å². The molecule has 0 spiro atoms. The molecule has 1 aromatic carbocycles. The number of rotatable bonds is 3. The molecule has 0 aromatic heterocycles. The molecule has 1 atom stereocenters. The summed E-state index contributed by atoms with van der Waals surface area (Å²) in [5.41, 5.74) is 8.49. The zero-order valence-corrected chi connectivity index (χ0v) is 11.0. The van der Waals surface area contributed by atoms with Gasteiger partial charge in [0, 0.05) is 24.7 Å². The van der Waals surface area contributed by atoms with Gasteiger partial charge in [0.1, 0.15) is 0 Å². The van der Waals surface area contributed by atoms with Crippen LogP contribution in [0.5, 0.6) is 0 Å². The van der Waals surface area contributed by atoms with Gasteiger partial charge in [0.2, 0.25) is 0 Å². The highest BCUT2D eigenvalue weighted by molar-refractivity contribution is 5.89. The van der Waals surface area contributed by atoms with Crippen LogP contribution < -0.4 is 11.1 Å². The highest BCUT2D eigenvalue weighted by Gasteiger charge is 2.16. The standard InChI is InChI=1S/C10H14N2.C4H4O4/c11-7-10-9-4-2-1-3-8(9)5-6-12-10;5-3(6)1-2-4(7)8/h1-4,10,12H,5-7,11H2;1-2H,(H,5,6)(H,7,8)/b;2-1-/t10-;/m0./s1. The summed E-state index contributed by atoms with van der Waals surface area (Å²) >= 11 is 0. The normalized spacial score (nSPS) is 16.9. The Bertz CT molecular complexity index is 484. The second kappa shape index (κ2) is 8.08. The number of carboxylic acid groups (broad SMARTS) is 2. The Morgan fingerprint density at radius 2 is 1.85 bits per heavy atom. The number of hydrogen-bond acceptors (Lipinski definition) is 4. The molecule has 6 nitrogen and oxygen atoms in total. The molecule has 20 heavy (non-hydrogen) atoms. The second-order valence-electron chi connectivity index (χ2n) is 4.20. The van der Waals surface area contributed by atoms with Crippen LogP contribution in [0.3, 0.4) is 0 Å². The summed E-state index contributed by atoms with van der Waals surface area (Å²) in [6.45, 7) is 1.75. The van der Waals surface area contributed by atoms with E-state index in [1.54, 1.807) is 0 Å². The quantitative estimate of drug-likeness (QED) is 0.600. The molecule has 108 valence electrons. The monoisotopic (exact) mass is 278 g/mol. The lowest BCUT2D eigenvalue weighted by Crippen LogP contribution is -2.34. The second-order valence-corrected chi connectivity index (χ2v) is 4.20. The lowest BCUT2D eigenvalue weighted by molar-refractivity contribution is -0.134. The molecule has 0 saturated heterocycles. The van der Waals surface area contributed by atoms with E-state index in [-0.39, 0.29) is 0 Å². The van der Waals surface area contributed by atoms with Crippen molar-refractivity contribution in [1.82, 2.24) is 5.32 Å². The summed E-state index contributed by atoms with van der Waals surface area (Å²) in [6, 6.07) is 8.90. The molecule has 0 bridgehead atoms. The maximum atomic E-state index is 9.55. The van der Waals surface area contributed by atoms with Crippen LogP contribution in [0.1, 0.15) is 17.2 Å². The maximum Gasteiger partial charge on any atom is 0.328 e. The van der Waals surface area contributed by atoms with Crippen LogP contribution in [0.4, 0.5) is 0 Å². The van der Waals surface area contributed by atoms with E-state index in [0.29, 0.717) is 24.7 Å². The summed E-state index contributed by atoms with van der Waals surface area (Å²) in [5.74, 6) is -2.51. The van der Waals surface area contributed by atoms with Gasteiger partial charge in [-0.15, -0.1) is 0 Å². The Hall–Kier alpha value is -2.18. The van der Waals surface area contributed by atoms with E-state index in [0.717, 1.165) is 13.0 Å². The summed E-state index contributed by atoms with van der Waals surface area (Å²) in [5, 5.41) is 19.0. The van der Waals surface area contributed by atoms with Crippen LogP contribution in [0, 0.1) is 0 Å². The topological polar surface area (TPSA) is 113 Å². The Balaban J connectivity index is 0.000000221. The van der Waals surface area contributed by atoms with Gasteiger partial charge in [0.25, 0.3) is 0 Å². The molecule has 0 unspecified atom stereocenters. The Kier molecular flexibility index (Phi) is 6.42. The number of aliphatic carboxylic acids is 2. The van der Waals surface area contributed by atoms with Crippen molar-refractivity contribution in [2.24, 2.45) is 5.73 Å². The third-order valence-electron chi connectivity index (χ3n) is 2.82. The third-order valence-corrected chi connectivity index (χ3v) is 2.82. The predicted octanol–water partition coefficient (Wildman–Crippen LogP) is 0.544. The average Bonchev–Trinajstić information content (AvgIpc) is 2.45. The van der Waals surface area contributed by atoms with E-state index in [1.807, 2.05) is 0 Å². The molecule has 1 aliphatic heterocycles. The highest BCUT2D eigenvalue weighted by atomic mass is 16.4. The highest BCUT2D eigenvalue weighted by Crippen LogP contribution is 2.20. The molecule has 0 saturated carbocycles. The first-order chi connectivity index (χ1) is 9.54. The SMILES string of the molecule is NC[C@@H]1NCCc2ccccc21.O=C(O)/C=C\C(=O)O. The molecule has 1 heterocycles. The number of benzene rings is 1. The minimum absolute atomic E-state index is 0.370. The Labute approximate surface area is 116 Å². The lowest BCUT2D eigenvalue weighted by atomic mass is 9.95. The molecule has 0 amide bonds. The van der Waals surface area contributed by atoms with Crippen LogP contribution >= 0.6 is 0 Å². The zero-order valence-electron chi connectivity index (χ0n) is 11.0. The average molecular weight is 278 g/mol. The molecule has 5 N–H and O–H groups in total. The van der Waals surface area contributed by atoms with Crippen LogP contribution in [-0.2, 0) is 16.0 Å². The van der Waals surface area contributed by atoms with Crippen molar-refractivity contribution in [3.05, 3.63) is 47.5 Å². The van der Waals surface area contributed by atoms with E-state index in [1.165, 1.54) is 11.1 Å². The van der Waals surface area contributed by atoms with Gasteiger partial charge in [-0.2, -0.15) is 0 Å². The van der Waals surface area contributed by atoms with Crippen LogP contribution in [-0.4, -0.2) is 35.2 Å². The molecule has 2 rings (SSSR count). The summed E-state index contributed by atoms with van der Waals surface area (Å²) in [4.78, 5) is 19.1. The molecule has 0 fully saturated rings. The number of hydrogen-bond donors (Lipinski definition) is 4. The Morgan fingerprint density at radius 3 is 2.40 bits per heavy atom. The smallest absolute Gasteiger partial charge is 0.328 e. The number of nitrogens with one attached hydrogen (secondary N) is 1. The van der Waals surface area contributed by atoms with E-state index < -0.39 is 11.9 Å². The lowest BCUT2D eigenvalue weighted by Gasteiger charge is -2.25. The van der Waals surface area contributed by atoms with Crippen LogP contribution in [0.15, 0.2) is 36.4 Å². The maximum absolute atomic E-state index is 9.55. The van der Waals surface area contributed by atoms with Gasteiger partial charge in [-0.3, -0.25) is 0 Å². The van der Waals surface area contributed by atoms with Crippen molar-refractivity contribution in [1.29, 1.82) is 0 Å². The molecule has 6 heteroatoms.